The van der Waals surface area contributed by atoms with E-state index in [1.807, 2.05) is 6.26 Å². The van der Waals surface area contributed by atoms with Gasteiger partial charge in [0.1, 0.15) is 23.9 Å². The van der Waals surface area contributed by atoms with Gasteiger partial charge in [0.25, 0.3) is 0 Å². The maximum atomic E-state index is 13.1. The van der Waals surface area contributed by atoms with E-state index in [4.69, 9.17) is 17.2 Å². The second kappa shape index (κ2) is 18.0. The highest BCUT2D eigenvalue weighted by Gasteiger charge is 2.30. The highest BCUT2D eigenvalue weighted by Crippen LogP contribution is 2.12. The Morgan fingerprint density at radius 3 is 1.97 bits per heavy atom. The molecule has 0 aromatic heterocycles. The zero-order valence-corrected chi connectivity index (χ0v) is 22.9. The number of thioether (sulfide) groups is 1. The topological polar surface area (TPSA) is 240 Å². The first-order chi connectivity index (χ1) is 18.5. The fourth-order valence-electron chi connectivity index (χ4n) is 3.59. The number of aliphatic carboxylic acids is 1. The van der Waals surface area contributed by atoms with Gasteiger partial charge in [-0.25, -0.2) is 4.79 Å². The van der Waals surface area contributed by atoms with Crippen molar-refractivity contribution in [1.29, 1.82) is 0 Å². The molecule has 0 saturated carbocycles. The van der Waals surface area contributed by atoms with Crippen LogP contribution in [0.5, 0.6) is 5.75 Å². The van der Waals surface area contributed by atoms with Gasteiger partial charge in [0.2, 0.25) is 23.6 Å². The average molecular weight is 569 g/mol. The minimum Gasteiger partial charge on any atom is -0.508 e. The van der Waals surface area contributed by atoms with Crippen LogP contribution >= 0.6 is 11.8 Å². The van der Waals surface area contributed by atoms with E-state index in [1.54, 1.807) is 0 Å². The van der Waals surface area contributed by atoms with Crippen molar-refractivity contribution in [3.05, 3.63) is 29.8 Å². The summed E-state index contributed by atoms with van der Waals surface area (Å²) in [7, 11) is 0. The van der Waals surface area contributed by atoms with Gasteiger partial charge in [0.15, 0.2) is 0 Å². The molecule has 4 amide bonds. The molecule has 218 valence electrons. The summed E-state index contributed by atoms with van der Waals surface area (Å²) in [5.74, 6) is -3.51. The normalized spacial score (nSPS) is 13.9. The lowest BCUT2D eigenvalue weighted by molar-refractivity contribution is -0.142. The predicted octanol–water partition coefficient (Wildman–Crippen LogP) is -1.05. The van der Waals surface area contributed by atoms with Crippen LogP contribution in [0.3, 0.4) is 0 Å². The fraction of sp³-hybridized carbons (Fsp3) is 0.560. The van der Waals surface area contributed by atoms with Crippen molar-refractivity contribution in [2.45, 2.75) is 69.1 Å². The molecule has 0 aliphatic carbocycles. The number of nitrogens with two attached hydrogens (primary N) is 3. The first-order valence-electron chi connectivity index (χ1n) is 12.6. The molecule has 4 atom stereocenters. The fourth-order valence-corrected chi connectivity index (χ4v) is 4.06. The molecule has 1 aromatic carbocycles. The molecule has 0 aliphatic heterocycles. The molecule has 0 spiro atoms. The van der Waals surface area contributed by atoms with Crippen LogP contribution in [-0.4, -0.2) is 82.5 Å². The molecule has 1 aromatic rings. The Morgan fingerprint density at radius 2 is 1.44 bits per heavy atom. The Morgan fingerprint density at radius 1 is 0.872 bits per heavy atom. The second-order valence-electron chi connectivity index (χ2n) is 9.07. The molecule has 0 fully saturated rings. The number of carbonyl (C=O) groups excluding carboxylic acids is 4. The van der Waals surface area contributed by atoms with Crippen LogP contribution < -0.4 is 33.2 Å². The molecule has 0 aliphatic rings. The lowest BCUT2D eigenvalue weighted by Gasteiger charge is -2.25. The van der Waals surface area contributed by atoms with E-state index in [-0.39, 0.29) is 31.4 Å². The van der Waals surface area contributed by atoms with E-state index < -0.39 is 53.8 Å². The van der Waals surface area contributed by atoms with E-state index in [9.17, 15) is 34.2 Å². The second-order valence-corrected chi connectivity index (χ2v) is 10.1. The van der Waals surface area contributed by atoms with Crippen molar-refractivity contribution in [3.8, 4) is 5.75 Å². The van der Waals surface area contributed by atoms with Gasteiger partial charge in [-0.15, -0.1) is 0 Å². The van der Waals surface area contributed by atoms with Gasteiger partial charge in [0, 0.05) is 12.8 Å². The van der Waals surface area contributed by atoms with E-state index in [1.165, 1.54) is 36.0 Å². The number of benzene rings is 1. The first-order valence-corrected chi connectivity index (χ1v) is 14.0. The predicted molar refractivity (Wildman–Crippen MR) is 148 cm³/mol. The van der Waals surface area contributed by atoms with Gasteiger partial charge >= 0.3 is 5.97 Å². The number of carboxylic acids is 1. The SMILES string of the molecule is CSCCC(NC(=O)C(CCC(N)=O)NC(=O)C(N)CCCCN)C(=O)NC(Cc1ccc(O)cc1)C(=O)O. The number of aromatic hydroxyl groups is 1. The molecule has 0 heterocycles. The highest BCUT2D eigenvalue weighted by atomic mass is 32.2. The molecule has 11 N–H and O–H groups in total. The van der Waals surface area contributed by atoms with Crippen molar-refractivity contribution in [2.24, 2.45) is 17.2 Å². The zero-order chi connectivity index (χ0) is 29.4. The maximum absolute atomic E-state index is 13.1. The van der Waals surface area contributed by atoms with Gasteiger partial charge in [-0.2, -0.15) is 11.8 Å². The summed E-state index contributed by atoms with van der Waals surface area (Å²) < 4.78 is 0. The Kier molecular flexibility index (Phi) is 15.6. The van der Waals surface area contributed by atoms with Crippen LogP contribution in [0.4, 0.5) is 0 Å². The van der Waals surface area contributed by atoms with Gasteiger partial charge in [0.05, 0.1) is 6.04 Å². The molecule has 0 saturated heterocycles. The lowest BCUT2D eigenvalue weighted by atomic mass is 10.0. The number of primary amides is 1. The molecule has 0 bridgehead atoms. The third-order valence-electron chi connectivity index (χ3n) is 5.85. The van der Waals surface area contributed by atoms with Gasteiger partial charge in [-0.1, -0.05) is 18.6 Å². The number of nitrogens with one attached hydrogen (secondary N) is 3. The third kappa shape index (κ3) is 13.3. The number of amides is 4. The van der Waals surface area contributed by atoms with Gasteiger partial charge in [-0.05, 0) is 61.9 Å². The minimum atomic E-state index is -1.30. The molecule has 1 rings (SSSR count). The third-order valence-corrected chi connectivity index (χ3v) is 6.50. The number of hydrogen-bond acceptors (Lipinski definition) is 9. The Labute approximate surface area is 232 Å². The molecule has 39 heavy (non-hydrogen) atoms. The summed E-state index contributed by atoms with van der Waals surface area (Å²) in [5.41, 5.74) is 17.2. The number of hydrogen-bond donors (Lipinski definition) is 8. The monoisotopic (exact) mass is 568 g/mol. The van der Waals surface area contributed by atoms with Crippen molar-refractivity contribution < 1.29 is 34.2 Å². The van der Waals surface area contributed by atoms with Crippen LogP contribution in [0.15, 0.2) is 24.3 Å². The van der Waals surface area contributed by atoms with Gasteiger partial charge < -0.3 is 43.4 Å². The van der Waals surface area contributed by atoms with Crippen LogP contribution in [-0.2, 0) is 30.4 Å². The maximum Gasteiger partial charge on any atom is 0.326 e. The summed E-state index contributed by atoms with van der Waals surface area (Å²) in [5, 5.41) is 26.6. The standard InChI is InChI=1S/C25H40N6O7S/c1-39-13-11-19(24(36)31-20(25(37)38)14-15-5-7-16(32)8-6-15)30-23(35)18(9-10-21(28)33)29-22(34)17(27)4-2-3-12-26/h5-8,17-20,32H,2-4,9-14,26-27H2,1H3,(H2,28,33)(H,29,34)(H,30,35)(H,31,36)(H,37,38). The largest absolute Gasteiger partial charge is 0.508 e. The number of carbonyl (C=O) groups is 5. The highest BCUT2D eigenvalue weighted by molar-refractivity contribution is 7.98. The molecule has 4 unspecified atom stereocenters. The van der Waals surface area contributed by atoms with Crippen LogP contribution in [0.2, 0.25) is 0 Å². The molecular formula is C25H40N6O7S. The zero-order valence-electron chi connectivity index (χ0n) is 22.1. The van der Waals surface area contributed by atoms with E-state index in [2.05, 4.69) is 16.0 Å². The Balaban J connectivity index is 2.98. The summed E-state index contributed by atoms with van der Waals surface area (Å²) in [4.78, 5) is 62.0. The number of phenols is 1. The summed E-state index contributed by atoms with van der Waals surface area (Å²) in [6.45, 7) is 0.454. The van der Waals surface area contributed by atoms with Crippen molar-refractivity contribution in [2.75, 3.05) is 18.6 Å². The van der Waals surface area contributed by atoms with Crippen LogP contribution in [0.25, 0.3) is 0 Å². The van der Waals surface area contributed by atoms with Crippen molar-refractivity contribution in [1.82, 2.24) is 16.0 Å². The molecule has 0 radical (unpaired) electrons. The number of carboxylic acid groups (broad SMARTS) is 1. The Bertz CT molecular complexity index is 963. The van der Waals surface area contributed by atoms with E-state index in [0.717, 1.165) is 0 Å². The van der Waals surface area contributed by atoms with Crippen molar-refractivity contribution >= 4 is 41.4 Å². The van der Waals surface area contributed by atoms with Crippen LogP contribution in [0.1, 0.15) is 44.1 Å². The molecular weight excluding hydrogens is 528 g/mol. The number of rotatable bonds is 19. The van der Waals surface area contributed by atoms with Crippen molar-refractivity contribution in [3.63, 3.8) is 0 Å². The summed E-state index contributed by atoms with van der Waals surface area (Å²) in [6.07, 6.45) is 3.28. The Hall–Kier alpha value is -3.36. The quantitative estimate of drug-likeness (QED) is 0.0941. The molecule has 14 heteroatoms. The van der Waals surface area contributed by atoms with E-state index >= 15 is 0 Å². The van der Waals surface area contributed by atoms with E-state index in [0.29, 0.717) is 37.1 Å². The minimum absolute atomic E-state index is 0.0176. The number of unbranched alkanes of at least 4 members (excludes halogenated alkanes) is 1. The first kappa shape index (κ1) is 33.7. The van der Waals surface area contributed by atoms with Crippen LogP contribution in [0, 0.1) is 0 Å². The summed E-state index contributed by atoms with van der Waals surface area (Å²) in [6, 6.07) is 1.39. The van der Waals surface area contributed by atoms with Gasteiger partial charge in [-0.3, -0.25) is 19.2 Å². The smallest absolute Gasteiger partial charge is 0.326 e. The summed E-state index contributed by atoms with van der Waals surface area (Å²) >= 11 is 1.42. The average Bonchev–Trinajstić information content (AvgIpc) is 2.89. The lowest BCUT2D eigenvalue weighted by Crippen LogP contribution is -2.57. The molecule has 13 nitrogen and oxygen atoms in total. The number of phenolic OH excluding ortho intramolecular Hbond substituents is 1.